The third-order valence-electron chi connectivity index (χ3n) is 9.38. The van der Waals surface area contributed by atoms with Crippen molar-refractivity contribution in [2.45, 2.75) is 30.0 Å². The molecule has 0 saturated carbocycles. The number of methoxy groups -OCH3 is 2. The standard InChI is InChI=1S/C40H37FN6O5S/c1-27-34(41)20-19-33(28-21-22-43-36(23-28)51-3)37(27)45-39(48)47(53(42,49)35-24-44-46-25-32(50-2)26-52-38(35)46)40(29-13-7-4-8-14-29,30-15-9-5-10-16-30)31-17-11-6-12-18-31/h4-24,32,42H,25-26H2,1-3H3,(H,45,48)/t32-,53?/m0/s1. The number of ether oxygens (including phenoxy) is 3. The van der Waals surface area contributed by atoms with Crippen LogP contribution in [-0.4, -0.2) is 56.2 Å². The molecule has 2 atom stereocenters. The summed E-state index contributed by atoms with van der Waals surface area (Å²) < 4.78 is 60.7. The Bertz CT molecular complexity index is 2260. The zero-order valence-corrected chi connectivity index (χ0v) is 30.0. The van der Waals surface area contributed by atoms with Crippen molar-refractivity contribution in [3.8, 4) is 22.9 Å². The van der Waals surface area contributed by atoms with E-state index in [1.54, 1.807) is 38.4 Å². The van der Waals surface area contributed by atoms with E-state index >= 15 is 13.4 Å². The highest BCUT2D eigenvalue weighted by Crippen LogP contribution is 2.47. The van der Waals surface area contributed by atoms with Crippen LogP contribution >= 0.6 is 0 Å². The van der Waals surface area contributed by atoms with Crippen LogP contribution in [0.1, 0.15) is 22.3 Å². The van der Waals surface area contributed by atoms with E-state index in [2.05, 4.69) is 15.4 Å². The number of nitrogens with one attached hydrogen (secondary N) is 2. The molecular formula is C40H37FN6O5S. The van der Waals surface area contributed by atoms with Crippen molar-refractivity contribution in [2.75, 3.05) is 26.1 Å². The molecule has 6 aromatic rings. The van der Waals surface area contributed by atoms with Crippen molar-refractivity contribution >= 4 is 21.6 Å². The van der Waals surface area contributed by atoms with E-state index in [1.165, 1.54) is 24.1 Å². The first-order valence-electron chi connectivity index (χ1n) is 16.8. The first-order chi connectivity index (χ1) is 25.7. The van der Waals surface area contributed by atoms with Gasteiger partial charge in [0.2, 0.25) is 11.8 Å². The predicted molar refractivity (Wildman–Crippen MR) is 199 cm³/mol. The van der Waals surface area contributed by atoms with Crippen molar-refractivity contribution in [1.82, 2.24) is 19.1 Å². The summed E-state index contributed by atoms with van der Waals surface area (Å²) in [5.74, 6) is -0.170. The minimum atomic E-state index is -4.41. The third kappa shape index (κ3) is 6.27. The largest absolute Gasteiger partial charge is 0.481 e. The van der Waals surface area contributed by atoms with E-state index in [4.69, 9.17) is 14.2 Å². The molecule has 0 aliphatic carbocycles. The van der Waals surface area contributed by atoms with Crippen LogP contribution in [0.3, 0.4) is 0 Å². The Hall–Kier alpha value is -6.05. The van der Waals surface area contributed by atoms with Gasteiger partial charge in [-0.05, 0) is 47.4 Å². The van der Waals surface area contributed by atoms with Gasteiger partial charge in [0, 0.05) is 30.5 Å². The van der Waals surface area contributed by atoms with E-state index in [1.807, 2.05) is 91.0 Å². The number of fused-ring (bicyclic) bond motifs is 1. The van der Waals surface area contributed by atoms with Crippen LogP contribution < -0.4 is 14.8 Å². The number of hydrogen-bond acceptors (Lipinski definition) is 8. The molecule has 1 unspecified atom stereocenters. The molecule has 4 aromatic carbocycles. The van der Waals surface area contributed by atoms with Crippen LogP contribution in [0.15, 0.2) is 133 Å². The van der Waals surface area contributed by atoms with Crippen LogP contribution in [0, 0.1) is 17.5 Å². The summed E-state index contributed by atoms with van der Waals surface area (Å²) in [7, 11) is -1.37. The predicted octanol–water partition coefficient (Wildman–Crippen LogP) is 7.66. The van der Waals surface area contributed by atoms with Gasteiger partial charge < -0.3 is 19.5 Å². The minimum Gasteiger partial charge on any atom is -0.481 e. The topological polar surface area (TPSA) is 132 Å². The van der Waals surface area contributed by atoms with Gasteiger partial charge >= 0.3 is 6.03 Å². The number of benzene rings is 4. The molecule has 0 bridgehead atoms. The van der Waals surface area contributed by atoms with E-state index in [9.17, 15) is 4.78 Å². The lowest BCUT2D eigenvalue weighted by Gasteiger charge is -2.45. The zero-order chi connectivity index (χ0) is 37.2. The molecule has 0 radical (unpaired) electrons. The van der Waals surface area contributed by atoms with Gasteiger partial charge in [0.05, 0.1) is 25.5 Å². The Morgan fingerprint density at radius 2 is 1.57 bits per heavy atom. The minimum absolute atomic E-state index is 0.0886. The first-order valence-corrected chi connectivity index (χ1v) is 18.3. The van der Waals surface area contributed by atoms with E-state index in [-0.39, 0.29) is 41.3 Å². The SMILES string of the molecule is COc1cc(-c2ccc(F)c(C)c2NC(=O)N(C(c2ccccc2)(c2ccccc2)c2ccccc2)S(=N)(=O)c2cnn3c2OC[C@@H](OC)C3)ccn1. The molecule has 7 rings (SSSR count). The summed E-state index contributed by atoms with van der Waals surface area (Å²) in [5, 5.41) is 7.36. The average molecular weight is 733 g/mol. The molecule has 2 aromatic heterocycles. The summed E-state index contributed by atoms with van der Waals surface area (Å²) in [4.78, 5) is 19.6. The first kappa shape index (κ1) is 35.4. The van der Waals surface area contributed by atoms with Gasteiger partial charge in [-0.15, -0.1) is 0 Å². The molecule has 13 heteroatoms. The van der Waals surface area contributed by atoms with Crippen LogP contribution in [0.5, 0.6) is 11.8 Å². The number of rotatable bonds is 10. The summed E-state index contributed by atoms with van der Waals surface area (Å²) in [5.41, 5.74) is 1.22. The van der Waals surface area contributed by atoms with Crippen molar-refractivity contribution in [2.24, 2.45) is 0 Å². The summed E-state index contributed by atoms with van der Waals surface area (Å²) >= 11 is 0. The highest BCUT2D eigenvalue weighted by Gasteiger charge is 2.51. The fraction of sp³-hybridized carbons (Fsp3) is 0.175. The van der Waals surface area contributed by atoms with Crippen LogP contribution in [-0.2, 0) is 26.7 Å². The van der Waals surface area contributed by atoms with Crippen LogP contribution in [0.4, 0.5) is 14.9 Å². The fourth-order valence-corrected chi connectivity index (χ4v) is 8.54. The number of aromatic nitrogens is 3. The molecule has 0 saturated heterocycles. The number of amides is 2. The molecule has 0 spiro atoms. The van der Waals surface area contributed by atoms with Gasteiger partial charge in [0.15, 0.2) is 9.92 Å². The maximum atomic E-state index is 15.8. The van der Waals surface area contributed by atoms with Crippen molar-refractivity contribution in [3.63, 3.8) is 0 Å². The van der Waals surface area contributed by atoms with E-state index in [0.29, 0.717) is 33.7 Å². The van der Waals surface area contributed by atoms with Crippen LogP contribution in [0.25, 0.3) is 11.1 Å². The molecule has 0 fully saturated rings. The molecule has 270 valence electrons. The molecule has 2 N–H and O–H groups in total. The average Bonchev–Trinajstić information content (AvgIpc) is 3.64. The lowest BCUT2D eigenvalue weighted by atomic mass is 9.77. The Kier molecular flexibility index (Phi) is 9.69. The third-order valence-corrected chi connectivity index (χ3v) is 11.2. The quantitative estimate of drug-likeness (QED) is 0.138. The molecule has 2 amide bonds. The number of hydrogen-bond donors (Lipinski definition) is 2. The molecule has 1 aliphatic rings. The second-order valence-electron chi connectivity index (χ2n) is 12.4. The monoisotopic (exact) mass is 732 g/mol. The number of pyridine rings is 1. The summed E-state index contributed by atoms with van der Waals surface area (Å²) in [6, 6.07) is 32.7. The molecule has 11 nitrogen and oxygen atoms in total. The van der Waals surface area contributed by atoms with Crippen molar-refractivity contribution in [3.05, 3.63) is 156 Å². The number of anilines is 1. The van der Waals surface area contributed by atoms with Crippen molar-refractivity contribution in [1.29, 1.82) is 4.78 Å². The highest BCUT2D eigenvalue weighted by atomic mass is 32.2. The van der Waals surface area contributed by atoms with E-state index in [0.717, 1.165) is 4.31 Å². The van der Waals surface area contributed by atoms with Gasteiger partial charge in [-0.25, -0.2) is 32.1 Å². The smallest absolute Gasteiger partial charge is 0.336 e. The number of carbonyl (C=O) groups excluding carboxylic acids is 1. The van der Waals surface area contributed by atoms with Gasteiger partial charge in [-0.3, -0.25) is 0 Å². The van der Waals surface area contributed by atoms with Gasteiger partial charge in [-0.2, -0.15) is 5.10 Å². The normalized spacial score (nSPS) is 15.1. The fourth-order valence-electron chi connectivity index (χ4n) is 6.77. The van der Waals surface area contributed by atoms with Crippen molar-refractivity contribution < 1.29 is 27.6 Å². The summed E-state index contributed by atoms with van der Waals surface area (Å²) in [6.45, 7) is 1.96. The van der Waals surface area contributed by atoms with Gasteiger partial charge in [0.1, 0.15) is 29.0 Å². The molecular weight excluding hydrogens is 696 g/mol. The zero-order valence-electron chi connectivity index (χ0n) is 29.2. The Labute approximate surface area is 307 Å². The lowest BCUT2D eigenvalue weighted by molar-refractivity contribution is 0.0165. The van der Waals surface area contributed by atoms with Gasteiger partial charge in [-0.1, -0.05) is 91.0 Å². The van der Waals surface area contributed by atoms with Crippen LogP contribution in [0.2, 0.25) is 0 Å². The number of carbonyl (C=O) groups is 1. The Balaban J connectivity index is 1.52. The number of nitrogens with zero attached hydrogens (tertiary/aromatic N) is 4. The number of halogens is 1. The van der Waals surface area contributed by atoms with Gasteiger partial charge in [0.25, 0.3) is 0 Å². The summed E-state index contributed by atoms with van der Waals surface area (Å²) in [6.07, 6.45) is 2.52. The molecule has 1 aliphatic heterocycles. The highest BCUT2D eigenvalue weighted by molar-refractivity contribution is 7.90. The Morgan fingerprint density at radius 1 is 0.962 bits per heavy atom. The lowest BCUT2D eigenvalue weighted by Crippen LogP contribution is -2.55. The maximum absolute atomic E-state index is 15.8. The van der Waals surface area contributed by atoms with E-state index < -0.39 is 27.3 Å². The second-order valence-corrected chi connectivity index (χ2v) is 14.3. The molecule has 53 heavy (non-hydrogen) atoms. The Morgan fingerprint density at radius 3 is 2.13 bits per heavy atom. The maximum Gasteiger partial charge on any atom is 0.336 e. The second kappa shape index (κ2) is 14.5. The molecule has 3 heterocycles. The number of urea groups is 1.